The first-order valence-electron chi connectivity index (χ1n) is 10.6. The van der Waals surface area contributed by atoms with Crippen LogP contribution in [0.2, 0.25) is 0 Å². The van der Waals surface area contributed by atoms with Crippen LogP contribution in [0.5, 0.6) is 5.88 Å². The second-order valence-corrected chi connectivity index (χ2v) is 7.76. The molecule has 0 saturated heterocycles. The Morgan fingerprint density at radius 3 is 2.40 bits per heavy atom. The Balaban J connectivity index is 1.25. The maximum Gasteiger partial charge on any atom is 0.213 e. The second kappa shape index (κ2) is 8.63. The largest absolute Gasteiger partial charge is 0.474 e. The number of benzene rings is 1. The summed E-state index contributed by atoms with van der Waals surface area (Å²) in [6.07, 6.45) is 9.92. The molecule has 1 saturated carbocycles. The van der Waals surface area contributed by atoms with Gasteiger partial charge in [0.05, 0.1) is 5.69 Å². The molecule has 1 atom stereocenters. The Kier molecular flexibility index (Phi) is 5.40. The van der Waals surface area contributed by atoms with E-state index in [1.165, 1.54) is 19.3 Å². The number of ether oxygens (including phenoxy) is 1. The number of nitrogens with zero attached hydrogens (tertiary/aromatic N) is 3. The summed E-state index contributed by atoms with van der Waals surface area (Å²) in [5, 5.41) is 0. The van der Waals surface area contributed by atoms with Gasteiger partial charge in [0.25, 0.3) is 0 Å². The molecule has 2 aromatic heterocycles. The highest BCUT2D eigenvalue weighted by Crippen LogP contribution is 2.25. The van der Waals surface area contributed by atoms with Crippen molar-refractivity contribution in [3.63, 3.8) is 0 Å². The highest BCUT2D eigenvalue weighted by molar-refractivity contribution is 5.99. The van der Waals surface area contributed by atoms with Crippen molar-refractivity contribution >= 4 is 5.84 Å². The number of rotatable bonds is 5. The minimum atomic E-state index is -0.161. The first-order chi connectivity index (χ1) is 14.8. The zero-order valence-electron chi connectivity index (χ0n) is 16.8. The zero-order valence-corrected chi connectivity index (χ0v) is 16.8. The van der Waals surface area contributed by atoms with Crippen molar-refractivity contribution in [3.05, 3.63) is 78.1 Å². The number of aromatic nitrogens is 2. The fourth-order valence-corrected chi connectivity index (χ4v) is 3.92. The molecule has 1 aromatic carbocycles. The maximum atomic E-state index is 6.02. The fraction of sp³-hybridized carbons (Fsp3) is 0.292. The molecule has 6 heteroatoms. The topological polar surface area (TPSA) is 71.4 Å². The molecule has 2 N–H and O–H groups in total. The van der Waals surface area contributed by atoms with Crippen LogP contribution in [-0.2, 0) is 0 Å². The molecule has 1 aliphatic heterocycles. The molecule has 5 rings (SSSR count). The van der Waals surface area contributed by atoms with Crippen molar-refractivity contribution in [1.82, 2.24) is 20.8 Å². The Hall–Kier alpha value is -3.25. The first kappa shape index (κ1) is 18.8. The van der Waals surface area contributed by atoms with Gasteiger partial charge in [-0.15, -0.1) is 0 Å². The van der Waals surface area contributed by atoms with Crippen LogP contribution >= 0.6 is 0 Å². The van der Waals surface area contributed by atoms with Gasteiger partial charge >= 0.3 is 0 Å². The van der Waals surface area contributed by atoms with Crippen molar-refractivity contribution in [2.24, 2.45) is 4.99 Å². The van der Waals surface area contributed by atoms with Crippen molar-refractivity contribution in [2.75, 3.05) is 0 Å². The van der Waals surface area contributed by atoms with Gasteiger partial charge < -0.3 is 10.2 Å². The fourth-order valence-electron chi connectivity index (χ4n) is 3.92. The molecule has 6 nitrogen and oxygen atoms in total. The Morgan fingerprint density at radius 2 is 1.67 bits per heavy atom. The van der Waals surface area contributed by atoms with Gasteiger partial charge in [-0.3, -0.25) is 4.98 Å². The third-order valence-electron chi connectivity index (χ3n) is 5.61. The van der Waals surface area contributed by atoms with Crippen molar-refractivity contribution in [2.45, 2.75) is 44.4 Å². The number of pyridine rings is 2. The number of nitrogens with one attached hydrogen (secondary N) is 2. The summed E-state index contributed by atoms with van der Waals surface area (Å²) >= 11 is 0. The molecule has 2 aliphatic rings. The summed E-state index contributed by atoms with van der Waals surface area (Å²) in [7, 11) is 0. The van der Waals surface area contributed by atoms with E-state index in [1.54, 1.807) is 0 Å². The summed E-state index contributed by atoms with van der Waals surface area (Å²) in [4.78, 5) is 13.8. The van der Waals surface area contributed by atoms with Gasteiger partial charge in [-0.05, 0) is 37.8 Å². The monoisotopic (exact) mass is 399 g/mol. The Morgan fingerprint density at radius 1 is 0.800 bits per heavy atom. The van der Waals surface area contributed by atoms with Crippen LogP contribution in [0.1, 0.15) is 49.4 Å². The van der Waals surface area contributed by atoms with Crippen LogP contribution < -0.4 is 15.6 Å². The lowest BCUT2D eigenvalue weighted by Crippen LogP contribution is -2.31. The van der Waals surface area contributed by atoms with E-state index in [0.29, 0.717) is 12.0 Å². The average Bonchev–Trinajstić information content (AvgIpc) is 3.32. The van der Waals surface area contributed by atoms with Gasteiger partial charge in [0.15, 0.2) is 0 Å². The normalized spacial score (nSPS) is 19.2. The predicted octanol–water partition coefficient (Wildman–Crippen LogP) is 4.41. The van der Waals surface area contributed by atoms with Gasteiger partial charge in [0.1, 0.15) is 18.1 Å². The van der Waals surface area contributed by atoms with Crippen LogP contribution in [0.15, 0.2) is 72.0 Å². The van der Waals surface area contributed by atoms with Gasteiger partial charge in [0.2, 0.25) is 5.88 Å². The van der Waals surface area contributed by atoms with Crippen molar-refractivity contribution < 1.29 is 4.74 Å². The van der Waals surface area contributed by atoms with Crippen molar-refractivity contribution in [1.29, 1.82) is 0 Å². The Labute approximate surface area is 176 Å². The number of amidine groups is 1. The summed E-state index contributed by atoms with van der Waals surface area (Å²) in [5.41, 5.74) is 10.3. The third-order valence-corrected chi connectivity index (χ3v) is 5.61. The summed E-state index contributed by atoms with van der Waals surface area (Å²) in [6.45, 7) is 0. The van der Waals surface area contributed by atoms with E-state index >= 15 is 0 Å². The van der Waals surface area contributed by atoms with E-state index in [9.17, 15) is 0 Å². The molecule has 0 spiro atoms. The summed E-state index contributed by atoms with van der Waals surface area (Å²) < 4.78 is 6.02. The molecule has 0 bridgehead atoms. The lowest BCUT2D eigenvalue weighted by Gasteiger charge is -2.22. The van der Waals surface area contributed by atoms with E-state index in [0.717, 1.165) is 41.1 Å². The molecule has 0 amide bonds. The average molecular weight is 399 g/mol. The van der Waals surface area contributed by atoms with E-state index in [1.807, 2.05) is 67.0 Å². The first-order valence-corrected chi connectivity index (χ1v) is 10.6. The highest BCUT2D eigenvalue weighted by atomic mass is 16.5. The molecular formula is C24H25N5O. The number of hydrogen-bond acceptors (Lipinski definition) is 6. The molecule has 152 valence electrons. The molecule has 1 fully saturated rings. The lowest BCUT2D eigenvalue weighted by molar-refractivity contribution is 0.148. The van der Waals surface area contributed by atoms with Gasteiger partial charge in [-0.25, -0.2) is 15.4 Å². The van der Waals surface area contributed by atoms with Crippen LogP contribution in [0.3, 0.4) is 0 Å². The van der Waals surface area contributed by atoms with Crippen LogP contribution in [0, 0.1) is 0 Å². The third kappa shape index (κ3) is 4.19. The SMILES string of the molecule is c1ccc(C2=NC(c3ccc(-c4ccc(OC5CCCCC5)nc4)nc3)NN2)cc1. The standard InChI is InChI=1S/C24H25N5O/c1-3-7-17(8-4-1)23-27-24(29-28-23)19-11-13-21(25-16-19)18-12-14-22(26-15-18)30-20-9-5-2-6-10-20/h1,3-4,7-8,11-16,20,24,29H,2,5-6,9-10H2,(H,27,28). The molecule has 30 heavy (non-hydrogen) atoms. The van der Waals surface area contributed by atoms with Gasteiger partial charge in [-0.1, -0.05) is 42.8 Å². The van der Waals surface area contributed by atoms with Crippen LogP contribution in [-0.4, -0.2) is 21.9 Å². The Bertz CT molecular complexity index is 996. The summed E-state index contributed by atoms with van der Waals surface area (Å²) in [5.74, 6) is 1.54. The van der Waals surface area contributed by atoms with Crippen LogP contribution in [0.25, 0.3) is 11.3 Å². The second-order valence-electron chi connectivity index (χ2n) is 7.76. The maximum absolute atomic E-state index is 6.02. The van der Waals surface area contributed by atoms with E-state index in [-0.39, 0.29) is 6.17 Å². The van der Waals surface area contributed by atoms with E-state index in [2.05, 4.69) is 20.8 Å². The zero-order chi connectivity index (χ0) is 20.2. The van der Waals surface area contributed by atoms with Crippen LogP contribution in [0.4, 0.5) is 0 Å². The lowest BCUT2D eigenvalue weighted by atomic mass is 9.98. The molecular weight excluding hydrogens is 374 g/mol. The smallest absolute Gasteiger partial charge is 0.213 e. The van der Waals surface area contributed by atoms with Gasteiger partial charge in [-0.2, -0.15) is 0 Å². The quantitative estimate of drug-likeness (QED) is 0.665. The molecule has 0 radical (unpaired) electrons. The highest BCUT2D eigenvalue weighted by Gasteiger charge is 2.19. The number of hydrogen-bond donors (Lipinski definition) is 2. The van der Waals surface area contributed by atoms with Crippen molar-refractivity contribution in [3.8, 4) is 17.1 Å². The van der Waals surface area contributed by atoms with E-state index in [4.69, 9.17) is 9.73 Å². The molecule has 3 aromatic rings. The predicted molar refractivity (Wildman–Crippen MR) is 117 cm³/mol. The number of hydrazine groups is 1. The molecule has 1 unspecified atom stereocenters. The van der Waals surface area contributed by atoms with E-state index < -0.39 is 0 Å². The summed E-state index contributed by atoms with van der Waals surface area (Å²) in [6, 6.07) is 18.1. The minimum Gasteiger partial charge on any atom is -0.474 e. The molecule has 1 aliphatic carbocycles. The number of aliphatic imine (C=N–C) groups is 1. The minimum absolute atomic E-state index is 0.161. The molecule has 3 heterocycles. The van der Waals surface area contributed by atoms with Gasteiger partial charge in [0, 0.05) is 35.2 Å².